The molecule has 0 aliphatic carbocycles. The molecule has 0 saturated carbocycles. The van der Waals surface area contributed by atoms with Crippen molar-refractivity contribution in [3.05, 3.63) is 23.7 Å². The predicted octanol–water partition coefficient (Wildman–Crippen LogP) is 2.00. The van der Waals surface area contributed by atoms with E-state index < -0.39 is 0 Å². The van der Waals surface area contributed by atoms with E-state index in [1.54, 1.807) is 11.8 Å². The van der Waals surface area contributed by atoms with E-state index in [4.69, 9.17) is 4.42 Å². The standard InChI is InChI=1S/C11H19NO2S/c1-8(13)9(2)15-7-11-5-4-10(14-11)6-12-3/h4-5,8-9,12-13H,6-7H2,1-3H3. The van der Waals surface area contributed by atoms with E-state index >= 15 is 0 Å². The molecule has 0 aliphatic rings. The highest BCUT2D eigenvalue weighted by Gasteiger charge is 2.10. The van der Waals surface area contributed by atoms with Gasteiger partial charge in [-0.3, -0.25) is 0 Å². The molecule has 1 rings (SSSR count). The van der Waals surface area contributed by atoms with Crippen LogP contribution in [0, 0.1) is 0 Å². The Hall–Kier alpha value is -0.450. The van der Waals surface area contributed by atoms with Crippen LogP contribution >= 0.6 is 11.8 Å². The lowest BCUT2D eigenvalue weighted by atomic mass is 10.3. The Balaban J connectivity index is 2.37. The third-order valence-electron chi connectivity index (χ3n) is 2.24. The largest absolute Gasteiger partial charge is 0.464 e. The molecule has 4 heteroatoms. The quantitative estimate of drug-likeness (QED) is 0.783. The molecule has 0 bridgehead atoms. The second kappa shape index (κ2) is 6.20. The van der Waals surface area contributed by atoms with Crippen LogP contribution in [0.3, 0.4) is 0 Å². The minimum Gasteiger partial charge on any atom is -0.464 e. The lowest BCUT2D eigenvalue weighted by Crippen LogP contribution is -2.15. The minimum absolute atomic E-state index is 0.239. The Kier molecular flexibility index (Phi) is 5.22. The molecule has 0 aliphatic heterocycles. The Morgan fingerprint density at radius 1 is 1.40 bits per heavy atom. The van der Waals surface area contributed by atoms with Gasteiger partial charge in [-0.15, -0.1) is 11.8 Å². The molecule has 2 unspecified atom stereocenters. The average Bonchev–Trinajstić information content (AvgIpc) is 2.62. The molecule has 0 spiro atoms. The number of hydrogen-bond donors (Lipinski definition) is 2. The molecule has 1 aromatic rings. The van der Waals surface area contributed by atoms with E-state index in [-0.39, 0.29) is 11.4 Å². The first-order valence-corrected chi connectivity index (χ1v) is 6.20. The van der Waals surface area contributed by atoms with Crippen molar-refractivity contribution in [3.8, 4) is 0 Å². The first-order valence-electron chi connectivity index (χ1n) is 5.15. The van der Waals surface area contributed by atoms with Gasteiger partial charge in [-0.25, -0.2) is 0 Å². The van der Waals surface area contributed by atoms with Crippen LogP contribution in [0.1, 0.15) is 25.4 Å². The number of furan rings is 1. The van der Waals surface area contributed by atoms with Gasteiger partial charge in [-0.1, -0.05) is 6.92 Å². The molecule has 1 aromatic heterocycles. The molecule has 1 heterocycles. The Morgan fingerprint density at radius 2 is 2.07 bits per heavy atom. The van der Waals surface area contributed by atoms with E-state index in [1.807, 2.05) is 33.0 Å². The highest BCUT2D eigenvalue weighted by Crippen LogP contribution is 2.21. The summed E-state index contributed by atoms with van der Waals surface area (Å²) in [6.07, 6.45) is -0.276. The minimum atomic E-state index is -0.276. The maximum Gasteiger partial charge on any atom is 0.117 e. The van der Waals surface area contributed by atoms with Gasteiger partial charge >= 0.3 is 0 Å². The van der Waals surface area contributed by atoms with Gasteiger partial charge in [0.15, 0.2) is 0 Å². The van der Waals surface area contributed by atoms with Gasteiger partial charge in [0.25, 0.3) is 0 Å². The molecular weight excluding hydrogens is 210 g/mol. The number of aliphatic hydroxyl groups excluding tert-OH is 1. The molecule has 0 amide bonds. The molecule has 3 nitrogen and oxygen atoms in total. The molecular formula is C11H19NO2S. The van der Waals surface area contributed by atoms with Gasteiger partial charge in [0, 0.05) is 5.25 Å². The number of thioether (sulfide) groups is 1. The second-order valence-electron chi connectivity index (χ2n) is 3.66. The van der Waals surface area contributed by atoms with Crippen molar-refractivity contribution in [2.24, 2.45) is 0 Å². The van der Waals surface area contributed by atoms with E-state index in [0.29, 0.717) is 0 Å². The first kappa shape index (κ1) is 12.6. The zero-order valence-corrected chi connectivity index (χ0v) is 10.3. The zero-order valence-electron chi connectivity index (χ0n) is 9.49. The third kappa shape index (κ3) is 4.28. The summed E-state index contributed by atoms with van der Waals surface area (Å²) >= 11 is 1.70. The fraction of sp³-hybridized carbons (Fsp3) is 0.636. The second-order valence-corrected chi connectivity index (χ2v) is 5.02. The van der Waals surface area contributed by atoms with Crippen molar-refractivity contribution >= 4 is 11.8 Å². The predicted molar refractivity (Wildman–Crippen MR) is 63.9 cm³/mol. The number of hydrogen-bond acceptors (Lipinski definition) is 4. The van der Waals surface area contributed by atoms with Crippen LogP contribution in [-0.2, 0) is 12.3 Å². The molecule has 0 radical (unpaired) electrons. The number of aliphatic hydroxyl groups is 1. The molecule has 2 N–H and O–H groups in total. The molecule has 86 valence electrons. The van der Waals surface area contributed by atoms with Gasteiger partial charge < -0.3 is 14.8 Å². The number of rotatable bonds is 6. The number of nitrogens with one attached hydrogen (secondary N) is 1. The van der Waals surface area contributed by atoms with Crippen LogP contribution in [0.5, 0.6) is 0 Å². The van der Waals surface area contributed by atoms with Gasteiger partial charge in [0.1, 0.15) is 11.5 Å². The van der Waals surface area contributed by atoms with E-state index in [1.165, 1.54) is 0 Å². The fourth-order valence-electron chi connectivity index (χ4n) is 1.12. The monoisotopic (exact) mass is 229 g/mol. The summed E-state index contributed by atoms with van der Waals surface area (Å²) < 4.78 is 5.59. The highest BCUT2D eigenvalue weighted by molar-refractivity contribution is 7.99. The Labute approximate surface area is 95.2 Å². The Bertz CT molecular complexity index is 286. The topological polar surface area (TPSA) is 45.4 Å². The summed E-state index contributed by atoms with van der Waals surface area (Å²) in [5.41, 5.74) is 0. The van der Waals surface area contributed by atoms with Crippen LogP contribution in [0.15, 0.2) is 16.5 Å². The summed E-state index contributed by atoms with van der Waals surface area (Å²) in [7, 11) is 1.90. The SMILES string of the molecule is CNCc1ccc(CSC(C)C(C)O)o1. The van der Waals surface area contributed by atoms with Crippen molar-refractivity contribution in [2.45, 2.75) is 37.5 Å². The van der Waals surface area contributed by atoms with Crippen molar-refractivity contribution in [3.63, 3.8) is 0 Å². The van der Waals surface area contributed by atoms with Crippen LogP contribution in [-0.4, -0.2) is 23.5 Å². The van der Waals surface area contributed by atoms with Gasteiger partial charge in [-0.2, -0.15) is 0 Å². The summed E-state index contributed by atoms with van der Waals surface area (Å²) in [5, 5.41) is 12.6. The molecule has 0 fully saturated rings. The maximum absolute atomic E-state index is 9.33. The van der Waals surface area contributed by atoms with Gasteiger partial charge in [0.2, 0.25) is 0 Å². The van der Waals surface area contributed by atoms with E-state index in [2.05, 4.69) is 5.32 Å². The summed E-state index contributed by atoms with van der Waals surface area (Å²) in [5.74, 6) is 2.74. The molecule has 15 heavy (non-hydrogen) atoms. The highest BCUT2D eigenvalue weighted by atomic mass is 32.2. The normalized spacial score (nSPS) is 15.2. The maximum atomic E-state index is 9.33. The van der Waals surface area contributed by atoms with Crippen LogP contribution < -0.4 is 5.32 Å². The third-order valence-corrected chi connectivity index (χ3v) is 3.61. The van der Waals surface area contributed by atoms with E-state index in [9.17, 15) is 5.11 Å². The van der Waals surface area contributed by atoms with Crippen LogP contribution in [0.4, 0.5) is 0 Å². The van der Waals surface area contributed by atoms with Crippen molar-refractivity contribution in [1.29, 1.82) is 0 Å². The smallest absolute Gasteiger partial charge is 0.117 e. The van der Waals surface area contributed by atoms with E-state index in [0.717, 1.165) is 23.8 Å². The molecule has 0 aromatic carbocycles. The van der Waals surface area contributed by atoms with Crippen molar-refractivity contribution < 1.29 is 9.52 Å². The van der Waals surface area contributed by atoms with Gasteiger partial charge in [0.05, 0.1) is 18.4 Å². The fourth-order valence-corrected chi connectivity index (χ4v) is 1.98. The Morgan fingerprint density at radius 3 is 2.67 bits per heavy atom. The summed E-state index contributed by atoms with van der Waals surface area (Å²) in [6, 6.07) is 3.98. The average molecular weight is 229 g/mol. The summed E-state index contributed by atoms with van der Waals surface area (Å²) in [6.45, 7) is 4.59. The first-order chi connectivity index (χ1) is 7.13. The van der Waals surface area contributed by atoms with Crippen molar-refractivity contribution in [1.82, 2.24) is 5.32 Å². The van der Waals surface area contributed by atoms with Crippen LogP contribution in [0.25, 0.3) is 0 Å². The van der Waals surface area contributed by atoms with Gasteiger partial charge in [-0.05, 0) is 26.1 Å². The zero-order chi connectivity index (χ0) is 11.3. The van der Waals surface area contributed by atoms with Crippen LogP contribution in [0.2, 0.25) is 0 Å². The lowest BCUT2D eigenvalue weighted by molar-refractivity contribution is 0.196. The molecule has 2 atom stereocenters. The lowest BCUT2D eigenvalue weighted by Gasteiger charge is -2.12. The van der Waals surface area contributed by atoms with Crippen molar-refractivity contribution in [2.75, 3.05) is 7.05 Å². The summed E-state index contributed by atoms with van der Waals surface area (Å²) in [4.78, 5) is 0. The molecule has 0 saturated heterocycles.